The fourth-order valence-corrected chi connectivity index (χ4v) is 2.96. The number of amides is 2. The molecule has 2 amide bonds. The summed E-state index contributed by atoms with van der Waals surface area (Å²) >= 11 is 1.54. The zero-order chi connectivity index (χ0) is 16.7. The van der Waals surface area contributed by atoms with Crippen LogP contribution in [0.15, 0.2) is 30.3 Å². The Morgan fingerprint density at radius 3 is 2.61 bits per heavy atom. The number of hydrogen-bond donors (Lipinski definition) is 2. The molecule has 0 bridgehead atoms. The minimum Gasteiger partial charge on any atom is -0.367 e. The Bertz CT molecular complexity index is 584. The van der Waals surface area contributed by atoms with Gasteiger partial charge in [-0.3, -0.25) is 14.8 Å². The summed E-state index contributed by atoms with van der Waals surface area (Å²) in [5.41, 5.74) is 3.50. The van der Waals surface area contributed by atoms with Gasteiger partial charge >= 0.3 is 0 Å². The minimum atomic E-state index is -0.563. The van der Waals surface area contributed by atoms with Gasteiger partial charge in [-0.15, -0.1) is 0 Å². The largest absolute Gasteiger partial charge is 0.367 e. The van der Waals surface area contributed by atoms with Crippen molar-refractivity contribution in [3.63, 3.8) is 0 Å². The van der Waals surface area contributed by atoms with E-state index < -0.39 is 5.91 Å². The van der Waals surface area contributed by atoms with E-state index >= 15 is 0 Å². The van der Waals surface area contributed by atoms with Crippen molar-refractivity contribution in [2.45, 2.75) is 0 Å². The molecular weight excluding hydrogens is 314 g/mol. The monoisotopic (exact) mass is 335 g/mol. The molecule has 7 heteroatoms. The second-order valence-electron chi connectivity index (χ2n) is 5.17. The van der Waals surface area contributed by atoms with E-state index in [1.807, 2.05) is 35.4 Å². The van der Waals surface area contributed by atoms with Crippen LogP contribution in [-0.4, -0.2) is 60.1 Å². The van der Waals surface area contributed by atoms with Crippen LogP contribution in [0.5, 0.6) is 0 Å². The highest BCUT2D eigenvalue weighted by atomic mass is 32.2. The number of anilines is 1. The smallest absolute Gasteiger partial charge is 0.267 e. The summed E-state index contributed by atoms with van der Waals surface area (Å²) in [4.78, 5) is 27.2. The van der Waals surface area contributed by atoms with Crippen molar-refractivity contribution >= 4 is 35.3 Å². The number of para-hydroxylation sites is 1. The van der Waals surface area contributed by atoms with Gasteiger partial charge in [0.25, 0.3) is 5.91 Å². The van der Waals surface area contributed by atoms with Gasteiger partial charge < -0.3 is 9.80 Å². The summed E-state index contributed by atoms with van der Waals surface area (Å²) in [6.07, 6.45) is 4.89. The molecule has 23 heavy (non-hydrogen) atoms. The number of hydroxylamine groups is 1. The summed E-state index contributed by atoms with van der Waals surface area (Å²) in [7, 11) is 0. The van der Waals surface area contributed by atoms with Gasteiger partial charge in [-0.05, 0) is 24.0 Å². The predicted molar refractivity (Wildman–Crippen MR) is 92.6 cm³/mol. The van der Waals surface area contributed by atoms with Gasteiger partial charge in [-0.25, -0.2) is 5.48 Å². The van der Waals surface area contributed by atoms with Gasteiger partial charge in [0.2, 0.25) is 5.91 Å². The molecule has 0 atom stereocenters. The topological polar surface area (TPSA) is 72.9 Å². The molecule has 0 radical (unpaired) electrons. The molecule has 1 aromatic rings. The summed E-state index contributed by atoms with van der Waals surface area (Å²) in [5.74, 6) is 0.146. The van der Waals surface area contributed by atoms with Crippen molar-refractivity contribution in [1.29, 1.82) is 0 Å². The van der Waals surface area contributed by atoms with E-state index in [0.717, 1.165) is 24.3 Å². The molecule has 0 aromatic heterocycles. The summed E-state index contributed by atoms with van der Waals surface area (Å²) < 4.78 is 0. The first-order valence-electron chi connectivity index (χ1n) is 7.38. The second-order valence-corrected chi connectivity index (χ2v) is 6.04. The Kier molecular flexibility index (Phi) is 6.49. The average molecular weight is 335 g/mol. The molecule has 1 fully saturated rings. The highest BCUT2D eigenvalue weighted by Crippen LogP contribution is 2.23. The van der Waals surface area contributed by atoms with E-state index in [9.17, 15) is 9.59 Å². The molecule has 0 unspecified atom stereocenters. The number of carbonyl (C=O) groups excluding carboxylic acids is 2. The number of benzene rings is 1. The quantitative estimate of drug-likeness (QED) is 0.481. The molecule has 124 valence electrons. The average Bonchev–Trinajstić information content (AvgIpc) is 2.60. The Labute approximate surface area is 140 Å². The number of hydrogen-bond acceptors (Lipinski definition) is 5. The summed E-state index contributed by atoms with van der Waals surface area (Å²) in [5, 5.41) is 8.56. The summed E-state index contributed by atoms with van der Waals surface area (Å²) in [6.45, 7) is 2.93. The lowest BCUT2D eigenvalue weighted by molar-refractivity contribution is -0.128. The van der Waals surface area contributed by atoms with E-state index in [1.165, 1.54) is 6.08 Å². The standard InChI is InChI=1S/C16H21N3O3S/c1-23-12-16(21)19-10-8-18(9-11-19)14-5-3-2-4-13(14)6-7-15(20)17-22/h2-7,22H,8-12H2,1H3,(H,17,20). The van der Waals surface area contributed by atoms with Gasteiger partial charge in [0.05, 0.1) is 5.75 Å². The maximum atomic E-state index is 11.9. The van der Waals surface area contributed by atoms with Crippen LogP contribution < -0.4 is 10.4 Å². The SMILES string of the molecule is CSCC(=O)N1CCN(c2ccccc2C=CC(=O)NO)CC1. The number of nitrogens with zero attached hydrogens (tertiary/aromatic N) is 2. The maximum absolute atomic E-state index is 11.9. The van der Waals surface area contributed by atoms with E-state index in [1.54, 1.807) is 23.3 Å². The van der Waals surface area contributed by atoms with Crippen molar-refractivity contribution in [2.75, 3.05) is 43.1 Å². The summed E-state index contributed by atoms with van der Waals surface area (Å²) in [6, 6.07) is 7.76. The first kappa shape index (κ1) is 17.4. The van der Waals surface area contributed by atoms with Crippen molar-refractivity contribution in [2.24, 2.45) is 0 Å². The number of thioether (sulfide) groups is 1. The molecule has 0 spiro atoms. The number of rotatable bonds is 5. The Morgan fingerprint density at radius 1 is 1.26 bits per heavy atom. The van der Waals surface area contributed by atoms with Crippen LogP contribution in [0.3, 0.4) is 0 Å². The first-order chi connectivity index (χ1) is 11.2. The highest BCUT2D eigenvalue weighted by Gasteiger charge is 2.21. The Hall–Kier alpha value is -1.99. The number of piperazine rings is 1. The molecule has 2 rings (SSSR count). The molecule has 1 aromatic carbocycles. The molecule has 1 aliphatic heterocycles. The third-order valence-electron chi connectivity index (χ3n) is 3.70. The molecular formula is C16H21N3O3S. The van der Waals surface area contributed by atoms with Gasteiger partial charge in [-0.1, -0.05) is 18.2 Å². The second kappa shape index (κ2) is 8.59. The molecule has 2 N–H and O–H groups in total. The lowest BCUT2D eigenvalue weighted by atomic mass is 10.1. The predicted octanol–water partition coefficient (Wildman–Crippen LogP) is 1.22. The van der Waals surface area contributed by atoms with E-state index in [2.05, 4.69) is 4.90 Å². The normalized spacial score (nSPS) is 15.0. The Balaban J connectivity index is 2.05. The molecule has 6 nitrogen and oxygen atoms in total. The third kappa shape index (κ3) is 4.74. The lowest BCUT2D eigenvalue weighted by Gasteiger charge is -2.36. The van der Waals surface area contributed by atoms with Crippen LogP contribution in [0.2, 0.25) is 0 Å². The zero-order valence-electron chi connectivity index (χ0n) is 13.1. The zero-order valence-corrected chi connectivity index (χ0v) is 13.9. The van der Waals surface area contributed by atoms with E-state index in [4.69, 9.17) is 5.21 Å². The maximum Gasteiger partial charge on any atom is 0.267 e. The Morgan fingerprint density at radius 2 is 1.96 bits per heavy atom. The first-order valence-corrected chi connectivity index (χ1v) is 8.78. The van der Waals surface area contributed by atoms with Gasteiger partial charge in [0.1, 0.15) is 0 Å². The van der Waals surface area contributed by atoms with Crippen LogP contribution in [0, 0.1) is 0 Å². The molecule has 1 aliphatic rings. The molecule has 1 heterocycles. The highest BCUT2D eigenvalue weighted by molar-refractivity contribution is 7.99. The fraction of sp³-hybridized carbons (Fsp3) is 0.375. The fourth-order valence-electron chi connectivity index (χ4n) is 2.53. The van der Waals surface area contributed by atoms with Crippen LogP contribution in [0.1, 0.15) is 5.56 Å². The number of carbonyl (C=O) groups is 2. The van der Waals surface area contributed by atoms with Crippen molar-refractivity contribution in [3.05, 3.63) is 35.9 Å². The minimum absolute atomic E-state index is 0.185. The van der Waals surface area contributed by atoms with Gasteiger partial charge in [0, 0.05) is 37.9 Å². The van der Waals surface area contributed by atoms with Crippen molar-refractivity contribution < 1.29 is 14.8 Å². The lowest BCUT2D eigenvalue weighted by Crippen LogP contribution is -2.49. The van der Waals surface area contributed by atoms with Crippen molar-refractivity contribution in [3.8, 4) is 0 Å². The van der Waals surface area contributed by atoms with E-state index in [-0.39, 0.29) is 5.91 Å². The van der Waals surface area contributed by atoms with E-state index in [0.29, 0.717) is 18.8 Å². The van der Waals surface area contributed by atoms with Crippen LogP contribution in [-0.2, 0) is 9.59 Å². The third-order valence-corrected chi connectivity index (χ3v) is 4.24. The van der Waals surface area contributed by atoms with Crippen LogP contribution >= 0.6 is 11.8 Å². The molecule has 0 saturated carbocycles. The van der Waals surface area contributed by atoms with Crippen LogP contribution in [0.4, 0.5) is 5.69 Å². The van der Waals surface area contributed by atoms with Crippen molar-refractivity contribution in [1.82, 2.24) is 10.4 Å². The molecule has 1 saturated heterocycles. The molecule has 0 aliphatic carbocycles. The van der Waals surface area contributed by atoms with Gasteiger partial charge in [-0.2, -0.15) is 11.8 Å². The number of nitrogens with one attached hydrogen (secondary N) is 1. The van der Waals surface area contributed by atoms with Gasteiger partial charge in [0.15, 0.2) is 0 Å². The van der Waals surface area contributed by atoms with Crippen LogP contribution in [0.25, 0.3) is 6.08 Å².